The number of urea groups is 1. The SMILES string of the molecule is O=C(NCCc1cn2ccccc2n1)N1CCN(Cc2ccc(Br)s2)CC1. The van der Waals surface area contributed by atoms with E-state index >= 15 is 0 Å². The number of hydrogen-bond donors (Lipinski definition) is 1. The number of nitrogens with zero attached hydrogens (tertiary/aromatic N) is 4. The van der Waals surface area contributed by atoms with Gasteiger partial charge in [-0.05, 0) is 40.2 Å². The van der Waals surface area contributed by atoms with Crippen LogP contribution in [0.2, 0.25) is 0 Å². The zero-order valence-electron chi connectivity index (χ0n) is 15.0. The largest absolute Gasteiger partial charge is 0.338 e. The molecule has 0 spiro atoms. The Labute approximate surface area is 170 Å². The van der Waals surface area contributed by atoms with Crippen LogP contribution >= 0.6 is 27.3 Å². The third kappa shape index (κ3) is 4.69. The fourth-order valence-electron chi connectivity index (χ4n) is 3.28. The topological polar surface area (TPSA) is 52.9 Å². The molecule has 0 bridgehead atoms. The van der Waals surface area contributed by atoms with Crippen molar-refractivity contribution in [2.75, 3.05) is 32.7 Å². The minimum Gasteiger partial charge on any atom is -0.338 e. The highest BCUT2D eigenvalue weighted by atomic mass is 79.9. The smallest absolute Gasteiger partial charge is 0.317 e. The molecule has 3 aromatic heterocycles. The lowest BCUT2D eigenvalue weighted by atomic mass is 10.3. The summed E-state index contributed by atoms with van der Waals surface area (Å²) in [5.74, 6) is 0. The molecule has 6 nitrogen and oxygen atoms in total. The summed E-state index contributed by atoms with van der Waals surface area (Å²) in [4.78, 5) is 22.6. The average Bonchev–Trinajstić information content (AvgIpc) is 3.27. The summed E-state index contributed by atoms with van der Waals surface area (Å²) in [5.41, 5.74) is 1.93. The molecule has 0 aliphatic carbocycles. The summed E-state index contributed by atoms with van der Waals surface area (Å²) >= 11 is 5.28. The third-order valence-electron chi connectivity index (χ3n) is 4.74. The first-order valence-corrected chi connectivity index (χ1v) is 10.7. The number of rotatable bonds is 5. The number of carbonyl (C=O) groups excluding carboxylic acids is 1. The predicted molar refractivity (Wildman–Crippen MR) is 111 cm³/mol. The van der Waals surface area contributed by atoms with Crippen molar-refractivity contribution in [3.05, 3.63) is 57.1 Å². The molecule has 142 valence electrons. The van der Waals surface area contributed by atoms with E-state index in [2.05, 4.69) is 43.3 Å². The van der Waals surface area contributed by atoms with Gasteiger partial charge >= 0.3 is 6.03 Å². The minimum absolute atomic E-state index is 0.0253. The molecular weight excluding hydrogens is 426 g/mol. The molecule has 3 aromatic rings. The van der Waals surface area contributed by atoms with Crippen molar-refractivity contribution in [2.45, 2.75) is 13.0 Å². The molecule has 1 fully saturated rings. The fraction of sp³-hybridized carbons (Fsp3) is 0.368. The maximum absolute atomic E-state index is 12.4. The third-order valence-corrected chi connectivity index (χ3v) is 6.35. The normalized spacial score (nSPS) is 15.4. The Morgan fingerprint density at radius 1 is 1.19 bits per heavy atom. The number of nitrogens with one attached hydrogen (secondary N) is 1. The summed E-state index contributed by atoms with van der Waals surface area (Å²) in [5, 5.41) is 3.03. The molecule has 0 saturated carbocycles. The van der Waals surface area contributed by atoms with E-state index in [0.717, 1.165) is 50.5 Å². The van der Waals surface area contributed by atoms with Crippen LogP contribution in [0.15, 0.2) is 46.5 Å². The molecule has 0 radical (unpaired) electrons. The Hall–Kier alpha value is -1.90. The van der Waals surface area contributed by atoms with Gasteiger partial charge in [0.05, 0.1) is 9.48 Å². The molecule has 1 aliphatic heterocycles. The van der Waals surface area contributed by atoms with Gasteiger partial charge in [0, 0.05) is 63.0 Å². The van der Waals surface area contributed by atoms with Gasteiger partial charge < -0.3 is 14.6 Å². The van der Waals surface area contributed by atoms with Crippen molar-refractivity contribution in [1.29, 1.82) is 0 Å². The maximum Gasteiger partial charge on any atom is 0.317 e. The van der Waals surface area contributed by atoms with Gasteiger partial charge in [0.2, 0.25) is 0 Å². The van der Waals surface area contributed by atoms with Crippen molar-refractivity contribution in [3.63, 3.8) is 0 Å². The maximum atomic E-state index is 12.4. The van der Waals surface area contributed by atoms with Gasteiger partial charge in [-0.2, -0.15) is 0 Å². The molecule has 1 aliphatic rings. The van der Waals surface area contributed by atoms with E-state index in [9.17, 15) is 4.79 Å². The fourth-order valence-corrected chi connectivity index (χ4v) is 4.81. The first kappa shape index (κ1) is 18.5. The van der Waals surface area contributed by atoms with Crippen molar-refractivity contribution in [1.82, 2.24) is 24.5 Å². The minimum atomic E-state index is 0.0253. The monoisotopic (exact) mass is 447 g/mol. The molecule has 0 aromatic carbocycles. The number of pyridine rings is 1. The first-order valence-electron chi connectivity index (χ1n) is 9.09. The van der Waals surface area contributed by atoms with Crippen LogP contribution in [0.25, 0.3) is 5.65 Å². The van der Waals surface area contributed by atoms with E-state index in [1.807, 2.05) is 39.9 Å². The molecule has 0 atom stereocenters. The first-order chi connectivity index (χ1) is 13.2. The second kappa shape index (κ2) is 8.41. The number of hydrogen-bond acceptors (Lipinski definition) is 4. The van der Waals surface area contributed by atoms with Crippen molar-refractivity contribution < 1.29 is 4.79 Å². The number of carbonyl (C=O) groups is 1. The second-order valence-corrected chi connectivity index (χ2v) is 9.20. The van der Waals surface area contributed by atoms with E-state index < -0.39 is 0 Å². The standard InChI is InChI=1S/C19H22BrN5OS/c20-17-5-4-16(27-17)14-23-9-11-24(12-10-23)19(26)21-7-6-15-13-25-8-2-1-3-18(25)22-15/h1-5,8,13H,6-7,9-12,14H2,(H,21,26). The summed E-state index contributed by atoms with van der Waals surface area (Å²) in [6, 6.07) is 10.2. The summed E-state index contributed by atoms with van der Waals surface area (Å²) in [6.45, 7) is 4.93. The Morgan fingerprint density at radius 3 is 2.78 bits per heavy atom. The van der Waals surface area contributed by atoms with Gasteiger partial charge in [-0.1, -0.05) is 6.07 Å². The van der Waals surface area contributed by atoms with E-state index in [1.165, 1.54) is 8.66 Å². The lowest BCUT2D eigenvalue weighted by Crippen LogP contribution is -2.51. The lowest BCUT2D eigenvalue weighted by molar-refractivity contribution is 0.136. The Kier molecular flexibility index (Phi) is 5.75. The molecule has 1 saturated heterocycles. The van der Waals surface area contributed by atoms with Crippen LogP contribution in [0.1, 0.15) is 10.6 Å². The highest BCUT2D eigenvalue weighted by molar-refractivity contribution is 9.11. The highest BCUT2D eigenvalue weighted by Crippen LogP contribution is 2.23. The molecule has 4 heterocycles. The molecule has 8 heteroatoms. The van der Waals surface area contributed by atoms with Crippen LogP contribution in [-0.2, 0) is 13.0 Å². The van der Waals surface area contributed by atoms with Crippen LogP contribution in [-0.4, -0.2) is 57.9 Å². The van der Waals surface area contributed by atoms with Gasteiger partial charge in [0.1, 0.15) is 5.65 Å². The van der Waals surface area contributed by atoms with Gasteiger partial charge in [0.15, 0.2) is 0 Å². The van der Waals surface area contributed by atoms with E-state index in [4.69, 9.17) is 0 Å². The van der Waals surface area contributed by atoms with Crippen LogP contribution in [0.5, 0.6) is 0 Å². The van der Waals surface area contributed by atoms with Crippen molar-refractivity contribution >= 4 is 38.9 Å². The lowest BCUT2D eigenvalue weighted by Gasteiger charge is -2.34. The number of aromatic nitrogens is 2. The Balaban J connectivity index is 1.20. The number of piperazine rings is 1. The molecular formula is C19H22BrN5OS. The number of thiophene rings is 1. The van der Waals surface area contributed by atoms with Gasteiger partial charge in [-0.3, -0.25) is 4.90 Å². The van der Waals surface area contributed by atoms with E-state index in [0.29, 0.717) is 6.54 Å². The van der Waals surface area contributed by atoms with Gasteiger partial charge in [-0.15, -0.1) is 11.3 Å². The summed E-state index contributed by atoms with van der Waals surface area (Å²) in [7, 11) is 0. The van der Waals surface area contributed by atoms with Crippen molar-refractivity contribution in [3.8, 4) is 0 Å². The molecule has 27 heavy (non-hydrogen) atoms. The Morgan fingerprint density at radius 2 is 2.04 bits per heavy atom. The van der Waals surface area contributed by atoms with Gasteiger partial charge in [0.25, 0.3) is 0 Å². The quantitative estimate of drug-likeness (QED) is 0.652. The molecule has 4 rings (SSSR count). The van der Waals surface area contributed by atoms with Crippen molar-refractivity contribution in [2.24, 2.45) is 0 Å². The number of amides is 2. The van der Waals surface area contributed by atoms with Crippen LogP contribution in [0.3, 0.4) is 0 Å². The molecule has 0 unspecified atom stereocenters. The summed E-state index contributed by atoms with van der Waals surface area (Å²) in [6.07, 6.45) is 4.74. The highest BCUT2D eigenvalue weighted by Gasteiger charge is 2.21. The number of imidazole rings is 1. The van der Waals surface area contributed by atoms with Gasteiger partial charge in [-0.25, -0.2) is 9.78 Å². The Bertz CT molecular complexity index is 883. The van der Waals surface area contributed by atoms with Crippen LogP contribution in [0, 0.1) is 0 Å². The number of fused-ring (bicyclic) bond motifs is 1. The van der Waals surface area contributed by atoms with E-state index in [-0.39, 0.29) is 6.03 Å². The summed E-state index contributed by atoms with van der Waals surface area (Å²) < 4.78 is 3.17. The molecule has 2 amide bonds. The van der Waals surface area contributed by atoms with E-state index in [1.54, 1.807) is 11.3 Å². The zero-order valence-corrected chi connectivity index (χ0v) is 17.4. The zero-order chi connectivity index (χ0) is 18.6. The van der Waals surface area contributed by atoms with Crippen LogP contribution < -0.4 is 5.32 Å². The second-order valence-electron chi connectivity index (χ2n) is 6.65. The number of halogens is 1. The predicted octanol–water partition coefficient (Wildman–Crippen LogP) is 3.23. The molecule has 1 N–H and O–H groups in total. The average molecular weight is 448 g/mol. The van der Waals surface area contributed by atoms with Crippen LogP contribution in [0.4, 0.5) is 4.79 Å².